The number of thiazole rings is 1. The second kappa shape index (κ2) is 6.29. The lowest BCUT2D eigenvalue weighted by Gasteiger charge is -2.45. The van der Waals surface area contributed by atoms with E-state index >= 15 is 0 Å². The summed E-state index contributed by atoms with van der Waals surface area (Å²) in [6, 6.07) is 1.91. The highest BCUT2D eigenvalue weighted by molar-refractivity contribution is 7.09. The monoisotopic (exact) mass is 345 g/mol. The Kier molecular flexibility index (Phi) is 4.14. The van der Waals surface area contributed by atoms with E-state index in [4.69, 9.17) is 0 Å². The lowest BCUT2D eigenvalue weighted by atomic mass is 9.85. The summed E-state index contributed by atoms with van der Waals surface area (Å²) >= 11 is 1.70. The molecule has 24 heavy (non-hydrogen) atoms. The number of aromatic nitrogens is 3. The number of piperidine rings is 1. The summed E-state index contributed by atoms with van der Waals surface area (Å²) < 4.78 is 1.90. The van der Waals surface area contributed by atoms with E-state index in [1.54, 1.807) is 17.5 Å². The average Bonchev–Trinajstić information content (AvgIpc) is 3.18. The Bertz CT molecular complexity index is 698. The molecule has 2 aromatic heterocycles. The summed E-state index contributed by atoms with van der Waals surface area (Å²) in [7, 11) is 0. The van der Waals surface area contributed by atoms with Gasteiger partial charge in [-0.3, -0.25) is 14.4 Å². The zero-order valence-electron chi connectivity index (χ0n) is 14.0. The predicted octanol–water partition coefficient (Wildman–Crippen LogP) is 1.87. The van der Waals surface area contributed by atoms with Crippen LogP contribution in [0.5, 0.6) is 0 Å². The van der Waals surface area contributed by atoms with Gasteiger partial charge in [0.15, 0.2) is 0 Å². The fourth-order valence-electron chi connectivity index (χ4n) is 3.67. The van der Waals surface area contributed by atoms with Gasteiger partial charge in [-0.1, -0.05) is 0 Å². The van der Waals surface area contributed by atoms with Gasteiger partial charge in [0.25, 0.3) is 5.91 Å². The number of amides is 1. The Morgan fingerprint density at radius 2 is 2.08 bits per heavy atom. The van der Waals surface area contributed by atoms with E-state index in [-0.39, 0.29) is 5.91 Å². The maximum absolute atomic E-state index is 13.1. The third kappa shape index (κ3) is 2.75. The minimum absolute atomic E-state index is 0.251. The van der Waals surface area contributed by atoms with Crippen molar-refractivity contribution in [2.45, 2.75) is 38.3 Å². The van der Waals surface area contributed by atoms with Crippen molar-refractivity contribution in [2.75, 3.05) is 26.2 Å². The molecule has 2 aromatic rings. The van der Waals surface area contributed by atoms with Crippen LogP contribution < -0.4 is 0 Å². The Morgan fingerprint density at radius 1 is 1.29 bits per heavy atom. The van der Waals surface area contributed by atoms with Gasteiger partial charge in [-0.05, 0) is 32.3 Å². The third-order valence-electron chi connectivity index (χ3n) is 5.22. The van der Waals surface area contributed by atoms with Gasteiger partial charge in [-0.25, -0.2) is 4.98 Å². The highest BCUT2D eigenvalue weighted by atomic mass is 32.1. The van der Waals surface area contributed by atoms with Crippen LogP contribution in [0.1, 0.15) is 30.0 Å². The normalized spacial score (nSPS) is 20.8. The molecule has 1 amide bonds. The fraction of sp³-hybridized carbons (Fsp3) is 0.588. The summed E-state index contributed by atoms with van der Waals surface area (Å²) in [5, 5.41) is 7.67. The van der Waals surface area contributed by atoms with Crippen molar-refractivity contribution >= 4 is 17.2 Å². The maximum atomic E-state index is 13.1. The zero-order valence-corrected chi connectivity index (χ0v) is 14.8. The molecule has 0 saturated carbocycles. The van der Waals surface area contributed by atoms with Crippen molar-refractivity contribution in [1.29, 1.82) is 0 Å². The second-order valence-electron chi connectivity index (χ2n) is 6.76. The number of rotatable bonds is 4. The maximum Gasteiger partial charge on any atom is 0.250 e. The van der Waals surface area contributed by atoms with Gasteiger partial charge in [0.05, 0.1) is 10.7 Å². The lowest BCUT2D eigenvalue weighted by molar-refractivity contribution is -0.148. The van der Waals surface area contributed by atoms with Crippen molar-refractivity contribution in [3.63, 3.8) is 0 Å². The van der Waals surface area contributed by atoms with Gasteiger partial charge in [0, 0.05) is 50.5 Å². The van der Waals surface area contributed by atoms with E-state index in [2.05, 4.69) is 20.4 Å². The number of nitrogens with zero attached hydrogens (tertiary/aromatic N) is 5. The average molecular weight is 345 g/mol. The molecular weight excluding hydrogens is 322 g/mol. The molecule has 2 aliphatic rings. The van der Waals surface area contributed by atoms with Crippen LogP contribution in [0.15, 0.2) is 23.8 Å². The molecule has 0 radical (unpaired) electrons. The molecule has 4 rings (SSSR count). The minimum Gasteiger partial charge on any atom is -0.340 e. The number of aryl methyl sites for hydroxylation is 1. The van der Waals surface area contributed by atoms with Crippen LogP contribution in [0, 0.1) is 6.92 Å². The van der Waals surface area contributed by atoms with E-state index in [0.717, 1.165) is 62.7 Å². The van der Waals surface area contributed by atoms with E-state index in [1.165, 1.54) is 0 Å². The molecule has 128 valence electrons. The molecule has 0 aromatic carbocycles. The SMILES string of the molecule is Cc1nc(CN2CCC(C(=O)N3CCC3)(n3cccn3)CC2)cs1. The zero-order chi connectivity index (χ0) is 16.6. The second-order valence-corrected chi connectivity index (χ2v) is 7.82. The fourth-order valence-corrected chi connectivity index (χ4v) is 4.27. The Labute approximate surface area is 146 Å². The molecular formula is C17H23N5OS. The van der Waals surface area contributed by atoms with Crippen LogP contribution in [0.4, 0.5) is 0 Å². The standard InChI is InChI=1S/C17H23N5OS/c1-14-19-15(13-24-14)12-20-10-4-17(5-11-20,22-9-2-6-18-22)16(23)21-7-3-8-21/h2,6,9,13H,3-5,7-8,10-12H2,1H3. The molecule has 2 saturated heterocycles. The number of carbonyl (C=O) groups is 1. The molecule has 0 atom stereocenters. The topological polar surface area (TPSA) is 54.3 Å². The number of hydrogen-bond donors (Lipinski definition) is 0. The molecule has 2 fully saturated rings. The summed E-state index contributed by atoms with van der Waals surface area (Å²) in [5.74, 6) is 0.251. The van der Waals surface area contributed by atoms with Gasteiger partial charge >= 0.3 is 0 Å². The van der Waals surface area contributed by atoms with E-state index in [9.17, 15) is 4.79 Å². The highest BCUT2D eigenvalue weighted by Gasteiger charge is 2.46. The van der Waals surface area contributed by atoms with Gasteiger partial charge < -0.3 is 4.90 Å². The molecule has 0 aliphatic carbocycles. The molecule has 0 unspecified atom stereocenters. The lowest BCUT2D eigenvalue weighted by Crippen LogP contribution is -2.59. The van der Waals surface area contributed by atoms with Gasteiger partial charge in [0.2, 0.25) is 0 Å². The summed E-state index contributed by atoms with van der Waals surface area (Å²) in [4.78, 5) is 22.1. The van der Waals surface area contributed by atoms with E-state index in [1.807, 2.05) is 28.8 Å². The van der Waals surface area contributed by atoms with Crippen molar-refractivity contribution < 1.29 is 4.79 Å². The number of hydrogen-bond acceptors (Lipinski definition) is 5. The van der Waals surface area contributed by atoms with Crippen molar-refractivity contribution in [3.8, 4) is 0 Å². The van der Waals surface area contributed by atoms with E-state index in [0.29, 0.717) is 0 Å². The first kappa shape index (κ1) is 15.8. The molecule has 4 heterocycles. The first-order chi connectivity index (χ1) is 11.7. The van der Waals surface area contributed by atoms with Gasteiger partial charge in [0.1, 0.15) is 5.54 Å². The van der Waals surface area contributed by atoms with Crippen LogP contribution in [0.3, 0.4) is 0 Å². The Morgan fingerprint density at radius 3 is 2.62 bits per heavy atom. The molecule has 2 aliphatic heterocycles. The van der Waals surface area contributed by atoms with Crippen LogP contribution in [-0.2, 0) is 16.9 Å². The number of carbonyl (C=O) groups excluding carboxylic acids is 1. The predicted molar refractivity (Wildman–Crippen MR) is 92.8 cm³/mol. The van der Waals surface area contributed by atoms with Gasteiger partial charge in [-0.15, -0.1) is 11.3 Å². The quantitative estimate of drug-likeness (QED) is 0.849. The Balaban J connectivity index is 1.49. The van der Waals surface area contributed by atoms with Crippen molar-refractivity contribution in [1.82, 2.24) is 24.6 Å². The largest absolute Gasteiger partial charge is 0.340 e. The number of likely N-dealkylation sites (tertiary alicyclic amines) is 2. The molecule has 0 spiro atoms. The van der Waals surface area contributed by atoms with Crippen LogP contribution in [0.2, 0.25) is 0 Å². The van der Waals surface area contributed by atoms with Crippen LogP contribution in [-0.4, -0.2) is 56.7 Å². The summed E-state index contributed by atoms with van der Waals surface area (Å²) in [6.07, 6.45) is 6.46. The summed E-state index contributed by atoms with van der Waals surface area (Å²) in [5.41, 5.74) is 0.636. The smallest absolute Gasteiger partial charge is 0.250 e. The van der Waals surface area contributed by atoms with Gasteiger partial charge in [-0.2, -0.15) is 5.10 Å². The molecule has 6 nitrogen and oxygen atoms in total. The van der Waals surface area contributed by atoms with Crippen LogP contribution in [0.25, 0.3) is 0 Å². The van der Waals surface area contributed by atoms with Crippen molar-refractivity contribution in [2.24, 2.45) is 0 Å². The molecule has 0 N–H and O–H groups in total. The van der Waals surface area contributed by atoms with Crippen molar-refractivity contribution in [3.05, 3.63) is 34.5 Å². The van der Waals surface area contributed by atoms with Crippen LogP contribution >= 0.6 is 11.3 Å². The summed E-state index contributed by atoms with van der Waals surface area (Å²) in [6.45, 7) is 6.50. The highest BCUT2D eigenvalue weighted by Crippen LogP contribution is 2.33. The first-order valence-electron chi connectivity index (χ1n) is 8.60. The first-order valence-corrected chi connectivity index (χ1v) is 9.48. The minimum atomic E-state index is -0.502. The molecule has 0 bridgehead atoms. The molecule has 7 heteroatoms. The van der Waals surface area contributed by atoms with E-state index < -0.39 is 5.54 Å². The third-order valence-corrected chi connectivity index (χ3v) is 6.04. The Hall–Kier alpha value is -1.73.